The summed E-state index contributed by atoms with van der Waals surface area (Å²) in [5.41, 5.74) is 12.1. The van der Waals surface area contributed by atoms with Gasteiger partial charge in [0.2, 0.25) is 0 Å². The van der Waals surface area contributed by atoms with Crippen molar-refractivity contribution in [3.05, 3.63) is 175 Å². The standard InChI is InChI=1S/C50H27N3O2/c51-28-32-18-20-36(30-10-2-1-3-11-30)42(29-52)48(32)34-24-33(31-19-23-47-41(27-31)38-13-6-8-16-45(38)54-47)25-35(26-34)53-43-15-7-4-14-40(43)49-44(53)22-21-39-37-12-5-9-17-46(37)55-50(39)49/h1-27H. The Kier molecular flexibility index (Phi) is 6.61. The fourth-order valence-corrected chi connectivity index (χ4v) is 8.44. The lowest BCUT2D eigenvalue weighted by Crippen LogP contribution is -1.99. The molecule has 5 nitrogen and oxygen atoms in total. The van der Waals surface area contributed by atoms with Crippen molar-refractivity contribution < 1.29 is 8.83 Å². The van der Waals surface area contributed by atoms with Crippen LogP contribution in [0, 0.1) is 22.7 Å². The molecule has 3 heterocycles. The minimum Gasteiger partial charge on any atom is -0.456 e. The van der Waals surface area contributed by atoms with Crippen molar-refractivity contribution in [2.45, 2.75) is 0 Å². The van der Waals surface area contributed by atoms with Crippen LogP contribution in [-0.2, 0) is 0 Å². The maximum Gasteiger partial charge on any atom is 0.145 e. The molecule has 0 saturated carbocycles. The summed E-state index contributed by atoms with van der Waals surface area (Å²) in [4.78, 5) is 0. The van der Waals surface area contributed by atoms with E-state index in [0.717, 1.165) is 99.2 Å². The van der Waals surface area contributed by atoms with Gasteiger partial charge in [-0.1, -0.05) is 97.1 Å². The van der Waals surface area contributed by atoms with Gasteiger partial charge in [0.15, 0.2) is 0 Å². The number of nitrogens with zero attached hydrogens (tertiary/aromatic N) is 3. The Morgan fingerprint density at radius 2 is 1.13 bits per heavy atom. The molecule has 11 rings (SSSR count). The highest BCUT2D eigenvalue weighted by Crippen LogP contribution is 2.43. The minimum atomic E-state index is 0.432. The molecule has 8 aromatic carbocycles. The van der Waals surface area contributed by atoms with Gasteiger partial charge in [-0.05, 0) is 89.0 Å². The van der Waals surface area contributed by atoms with Crippen LogP contribution in [-0.4, -0.2) is 4.57 Å². The Labute approximate surface area is 314 Å². The summed E-state index contributed by atoms with van der Waals surface area (Å²) >= 11 is 0. The molecule has 3 aromatic heterocycles. The second-order valence-electron chi connectivity index (χ2n) is 13.9. The predicted molar refractivity (Wildman–Crippen MR) is 221 cm³/mol. The van der Waals surface area contributed by atoms with Gasteiger partial charge < -0.3 is 13.4 Å². The van der Waals surface area contributed by atoms with Crippen LogP contribution in [0.15, 0.2) is 173 Å². The number of hydrogen-bond donors (Lipinski definition) is 0. The quantitative estimate of drug-likeness (QED) is 0.183. The summed E-state index contributed by atoms with van der Waals surface area (Å²) in [6.07, 6.45) is 0. The highest BCUT2D eigenvalue weighted by atomic mass is 16.3. The number of benzene rings is 8. The summed E-state index contributed by atoms with van der Waals surface area (Å²) < 4.78 is 15.1. The van der Waals surface area contributed by atoms with E-state index in [9.17, 15) is 10.5 Å². The average molecular weight is 702 g/mol. The molecule has 11 aromatic rings. The summed E-state index contributed by atoms with van der Waals surface area (Å²) in [6, 6.07) is 60.1. The largest absolute Gasteiger partial charge is 0.456 e. The lowest BCUT2D eigenvalue weighted by Gasteiger charge is -2.17. The van der Waals surface area contributed by atoms with Crippen molar-refractivity contribution in [3.8, 4) is 51.2 Å². The van der Waals surface area contributed by atoms with Crippen molar-refractivity contribution in [2.24, 2.45) is 0 Å². The third kappa shape index (κ3) is 4.58. The number of aromatic nitrogens is 1. The Bertz CT molecular complexity index is 3460. The van der Waals surface area contributed by atoms with Crippen molar-refractivity contribution in [1.29, 1.82) is 10.5 Å². The van der Waals surface area contributed by atoms with Gasteiger partial charge in [0.05, 0.1) is 33.6 Å². The van der Waals surface area contributed by atoms with Gasteiger partial charge in [-0.15, -0.1) is 0 Å². The molecule has 0 radical (unpaired) electrons. The molecule has 5 heteroatoms. The second kappa shape index (κ2) is 11.8. The highest BCUT2D eigenvalue weighted by Gasteiger charge is 2.22. The van der Waals surface area contributed by atoms with E-state index in [-0.39, 0.29) is 0 Å². The molecular formula is C50H27N3O2. The van der Waals surface area contributed by atoms with Crippen LogP contribution in [0.2, 0.25) is 0 Å². The van der Waals surface area contributed by atoms with Gasteiger partial charge in [0.1, 0.15) is 28.4 Å². The molecule has 0 atom stereocenters. The summed E-state index contributed by atoms with van der Waals surface area (Å²) in [5, 5.41) is 27.7. The zero-order valence-corrected chi connectivity index (χ0v) is 29.2. The lowest BCUT2D eigenvalue weighted by atomic mass is 9.87. The van der Waals surface area contributed by atoms with Gasteiger partial charge in [0, 0.05) is 43.7 Å². The average Bonchev–Trinajstić information content (AvgIpc) is 3.92. The Hall–Kier alpha value is -7.86. The van der Waals surface area contributed by atoms with E-state index in [1.54, 1.807) is 0 Å². The van der Waals surface area contributed by atoms with E-state index in [1.807, 2.05) is 84.9 Å². The van der Waals surface area contributed by atoms with Crippen LogP contribution in [0.25, 0.3) is 105 Å². The monoisotopic (exact) mass is 701 g/mol. The number of fused-ring (bicyclic) bond motifs is 10. The van der Waals surface area contributed by atoms with Crippen molar-refractivity contribution in [1.82, 2.24) is 4.57 Å². The van der Waals surface area contributed by atoms with E-state index < -0.39 is 0 Å². The van der Waals surface area contributed by atoms with E-state index >= 15 is 0 Å². The van der Waals surface area contributed by atoms with Gasteiger partial charge in [-0.2, -0.15) is 10.5 Å². The first-order chi connectivity index (χ1) is 27.2. The van der Waals surface area contributed by atoms with Crippen LogP contribution < -0.4 is 0 Å². The molecule has 254 valence electrons. The molecule has 0 aliphatic carbocycles. The molecule has 0 amide bonds. The smallest absolute Gasteiger partial charge is 0.145 e. The van der Waals surface area contributed by atoms with Crippen LogP contribution >= 0.6 is 0 Å². The molecule has 0 unspecified atom stereocenters. The van der Waals surface area contributed by atoms with Crippen LogP contribution in [0.4, 0.5) is 0 Å². The van der Waals surface area contributed by atoms with Crippen molar-refractivity contribution >= 4 is 65.7 Å². The first-order valence-electron chi connectivity index (χ1n) is 18.1. The van der Waals surface area contributed by atoms with Crippen LogP contribution in [0.5, 0.6) is 0 Å². The van der Waals surface area contributed by atoms with E-state index in [2.05, 4.69) is 95.6 Å². The number of hydrogen-bond acceptors (Lipinski definition) is 4. The summed E-state index contributed by atoms with van der Waals surface area (Å²) in [7, 11) is 0. The molecule has 0 saturated heterocycles. The Morgan fingerprint density at radius 3 is 1.93 bits per heavy atom. The Morgan fingerprint density at radius 1 is 0.436 bits per heavy atom. The molecule has 0 aliphatic rings. The van der Waals surface area contributed by atoms with Crippen LogP contribution in [0.3, 0.4) is 0 Å². The normalized spacial score (nSPS) is 11.6. The number of nitriles is 2. The van der Waals surface area contributed by atoms with Gasteiger partial charge >= 0.3 is 0 Å². The van der Waals surface area contributed by atoms with Gasteiger partial charge in [-0.3, -0.25) is 0 Å². The molecule has 0 bridgehead atoms. The fourth-order valence-electron chi connectivity index (χ4n) is 8.44. The molecule has 0 N–H and O–H groups in total. The number of rotatable bonds is 4. The molecule has 55 heavy (non-hydrogen) atoms. The summed E-state index contributed by atoms with van der Waals surface area (Å²) in [5.74, 6) is 0. The topological polar surface area (TPSA) is 78.8 Å². The number of para-hydroxylation sites is 3. The van der Waals surface area contributed by atoms with Crippen molar-refractivity contribution in [2.75, 3.05) is 0 Å². The molecule has 0 fully saturated rings. The molecule has 0 spiro atoms. The second-order valence-corrected chi connectivity index (χ2v) is 13.9. The predicted octanol–water partition coefficient (Wildman–Crippen LogP) is 13.3. The third-order valence-corrected chi connectivity index (χ3v) is 10.9. The minimum absolute atomic E-state index is 0.432. The fraction of sp³-hybridized carbons (Fsp3) is 0. The van der Waals surface area contributed by atoms with Gasteiger partial charge in [-0.25, -0.2) is 0 Å². The first kappa shape index (κ1) is 30.7. The zero-order chi connectivity index (χ0) is 36.6. The summed E-state index contributed by atoms with van der Waals surface area (Å²) in [6.45, 7) is 0. The van der Waals surface area contributed by atoms with Crippen molar-refractivity contribution in [3.63, 3.8) is 0 Å². The SMILES string of the molecule is N#Cc1ccc(-c2ccccc2)c(C#N)c1-c1cc(-c2ccc3oc4ccccc4c3c2)cc(-n2c3ccccc3c3c4oc5ccccc5c4ccc32)c1. The highest BCUT2D eigenvalue weighted by molar-refractivity contribution is 6.24. The first-order valence-corrected chi connectivity index (χ1v) is 18.1. The van der Waals surface area contributed by atoms with E-state index in [1.165, 1.54) is 0 Å². The van der Waals surface area contributed by atoms with Crippen LogP contribution in [0.1, 0.15) is 11.1 Å². The van der Waals surface area contributed by atoms with E-state index in [0.29, 0.717) is 16.7 Å². The maximum absolute atomic E-state index is 10.8. The maximum atomic E-state index is 10.8. The van der Waals surface area contributed by atoms with Gasteiger partial charge in [0.25, 0.3) is 0 Å². The molecular weight excluding hydrogens is 675 g/mol. The third-order valence-electron chi connectivity index (χ3n) is 10.9. The molecule has 0 aliphatic heterocycles. The Balaban J connectivity index is 1.25. The zero-order valence-electron chi connectivity index (χ0n) is 29.2. The lowest BCUT2D eigenvalue weighted by molar-refractivity contribution is 0.669. The number of furan rings is 2. The van der Waals surface area contributed by atoms with E-state index in [4.69, 9.17) is 8.83 Å².